The highest BCUT2D eigenvalue weighted by atomic mass is 16.2. The molecular formula is C27H33N3O3. The van der Waals surface area contributed by atoms with Crippen molar-refractivity contribution in [1.82, 2.24) is 9.80 Å². The Morgan fingerprint density at radius 2 is 1.42 bits per heavy atom. The lowest BCUT2D eigenvalue weighted by Gasteiger charge is -2.39. The van der Waals surface area contributed by atoms with E-state index in [4.69, 9.17) is 0 Å². The Balaban J connectivity index is 1.21. The molecule has 0 N–H and O–H groups in total. The van der Waals surface area contributed by atoms with E-state index in [1.165, 1.54) is 5.56 Å². The molecule has 6 nitrogen and oxygen atoms in total. The monoisotopic (exact) mass is 447 g/mol. The number of benzene rings is 2. The van der Waals surface area contributed by atoms with Crippen molar-refractivity contribution >= 4 is 23.3 Å². The maximum Gasteiger partial charge on any atom is 0.225 e. The van der Waals surface area contributed by atoms with E-state index >= 15 is 0 Å². The maximum absolute atomic E-state index is 13.1. The molecule has 33 heavy (non-hydrogen) atoms. The van der Waals surface area contributed by atoms with Crippen LogP contribution in [-0.2, 0) is 16.0 Å². The van der Waals surface area contributed by atoms with Gasteiger partial charge in [0.05, 0.1) is 0 Å². The number of likely N-dealkylation sites (tertiary alicyclic amines) is 1. The normalized spacial score (nSPS) is 17.2. The number of piperazine rings is 1. The first-order valence-corrected chi connectivity index (χ1v) is 12.0. The third-order valence-corrected chi connectivity index (χ3v) is 6.90. The van der Waals surface area contributed by atoms with Gasteiger partial charge in [-0.15, -0.1) is 0 Å². The first-order chi connectivity index (χ1) is 16.0. The van der Waals surface area contributed by atoms with Gasteiger partial charge in [0.1, 0.15) is 0 Å². The van der Waals surface area contributed by atoms with Crippen LogP contribution >= 0.6 is 0 Å². The first kappa shape index (κ1) is 23.0. The summed E-state index contributed by atoms with van der Waals surface area (Å²) < 4.78 is 0. The van der Waals surface area contributed by atoms with Crippen molar-refractivity contribution in [2.75, 3.05) is 44.2 Å². The fourth-order valence-electron chi connectivity index (χ4n) is 4.78. The highest BCUT2D eigenvalue weighted by Crippen LogP contribution is 2.23. The second-order valence-electron chi connectivity index (χ2n) is 9.06. The van der Waals surface area contributed by atoms with Crippen molar-refractivity contribution in [3.8, 4) is 0 Å². The van der Waals surface area contributed by atoms with Gasteiger partial charge in [-0.2, -0.15) is 0 Å². The van der Waals surface area contributed by atoms with Gasteiger partial charge in [0.25, 0.3) is 0 Å². The zero-order valence-corrected chi connectivity index (χ0v) is 19.4. The molecule has 0 atom stereocenters. The molecule has 0 unspecified atom stereocenters. The van der Waals surface area contributed by atoms with Crippen LogP contribution in [0.3, 0.4) is 0 Å². The molecule has 2 fully saturated rings. The molecule has 2 amide bonds. The van der Waals surface area contributed by atoms with Gasteiger partial charge in [0.2, 0.25) is 11.8 Å². The lowest BCUT2D eigenvalue weighted by atomic mass is 9.94. The second-order valence-corrected chi connectivity index (χ2v) is 9.06. The average molecular weight is 448 g/mol. The molecule has 0 saturated carbocycles. The third-order valence-electron chi connectivity index (χ3n) is 6.90. The first-order valence-electron chi connectivity index (χ1n) is 12.0. The van der Waals surface area contributed by atoms with Crippen LogP contribution in [0.25, 0.3) is 0 Å². The summed E-state index contributed by atoms with van der Waals surface area (Å²) in [7, 11) is 0. The summed E-state index contributed by atoms with van der Waals surface area (Å²) in [5, 5.41) is 0. The molecule has 2 aromatic rings. The van der Waals surface area contributed by atoms with Crippen LogP contribution < -0.4 is 4.90 Å². The van der Waals surface area contributed by atoms with Crippen LogP contribution in [0.4, 0.5) is 5.69 Å². The zero-order valence-electron chi connectivity index (χ0n) is 19.4. The molecule has 6 heteroatoms. The molecule has 0 aromatic heterocycles. The predicted octanol–water partition coefficient (Wildman–Crippen LogP) is 3.41. The number of ketones is 1. The van der Waals surface area contributed by atoms with Crippen molar-refractivity contribution in [3.05, 3.63) is 65.7 Å². The Bertz CT molecular complexity index is 958. The number of hydrogen-bond donors (Lipinski definition) is 0. The van der Waals surface area contributed by atoms with Crippen LogP contribution in [-0.4, -0.2) is 66.7 Å². The van der Waals surface area contributed by atoms with Crippen molar-refractivity contribution in [2.45, 2.75) is 32.6 Å². The number of carbonyl (C=O) groups is 3. The average Bonchev–Trinajstić information content (AvgIpc) is 2.87. The summed E-state index contributed by atoms with van der Waals surface area (Å²) in [6.45, 7) is 5.93. The van der Waals surface area contributed by atoms with Gasteiger partial charge in [-0.1, -0.05) is 30.3 Å². The predicted molar refractivity (Wildman–Crippen MR) is 129 cm³/mol. The molecular weight excluding hydrogens is 414 g/mol. The zero-order chi connectivity index (χ0) is 23.2. The summed E-state index contributed by atoms with van der Waals surface area (Å²) in [4.78, 5) is 43.3. The number of Topliss-reactive ketones (excluding diaryl/α,β-unsaturated/α-hetero) is 1. The molecule has 0 radical (unpaired) electrons. The minimum Gasteiger partial charge on any atom is -0.368 e. The van der Waals surface area contributed by atoms with Crippen LogP contribution in [0.1, 0.15) is 42.1 Å². The number of anilines is 1. The molecule has 2 aliphatic rings. The Kier molecular flexibility index (Phi) is 7.43. The molecule has 0 spiro atoms. The Morgan fingerprint density at radius 3 is 2.03 bits per heavy atom. The minimum absolute atomic E-state index is 0.0181. The smallest absolute Gasteiger partial charge is 0.225 e. The fourth-order valence-corrected chi connectivity index (χ4v) is 4.78. The quantitative estimate of drug-likeness (QED) is 0.637. The molecule has 2 saturated heterocycles. The van der Waals surface area contributed by atoms with Gasteiger partial charge in [-0.05, 0) is 56.0 Å². The topological polar surface area (TPSA) is 60.9 Å². The van der Waals surface area contributed by atoms with Gasteiger partial charge in [-0.25, -0.2) is 0 Å². The van der Waals surface area contributed by atoms with Crippen LogP contribution in [0.2, 0.25) is 0 Å². The van der Waals surface area contributed by atoms with Gasteiger partial charge in [0.15, 0.2) is 5.78 Å². The summed E-state index contributed by atoms with van der Waals surface area (Å²) in [6, 6.07) is 17.8. The van der Waals surface area contributed by atoms with E-state index in [0.717, 1.165) is 43.6 Å². The highest BCUT2D eigenvalue weighted by molar-refractivity contribution is 5.94. The Labute approximate surface area is 196 Å². The number of amides is 2. The van der Waals surface area contributed by atoms with Gasteiger partial charge in [0, 0.05) is 62.9 Å². The minimum atomic E-state index is 0.0181. The molecule has 0 bridgehead atoms. The molecule has 2 aliphatic heterocycles. The van der Waals surface area contributed by atoms with Crippen molar-refractivity contribution in [1.29, 1.82) is 0 Å². The van der Waals surface area contributed by atoms with E-state index in [0.29, 0.717) is 32.6 Å². The molecule has 2 aromatic carbocycles. The third kappa shape index (κ3) is 5.81. The summed E-state index contributed by atoms with van der Waals surface area (Å²) in [5.74, 6) is 0.512. The van der Waals surface area contributed by atoms with Crippen LogP contribution in [0.15, 0.2) is 54.6 Å². The number of hydrogen-bond acceptors (Lipinski definition) is 4. The number of carbonyl (C=O) groups excluding carboxylic acids is 3. The standard InChI is InChI=1S/C27H33N3O3/c1-21(31)23-8-10-25(11-9-23)28-17-19-30(20-18-28)27(33)24-13-15-29(16-14-24)26(32)12-7-22-5-3-2-4-6-22/h2-6,8-11,24H,7,12-20H2,1H3. The van der Waals surface area contributed by atoms with Gasteiger partial charge < -0.3 is 14.7 Å². The van der Waals surface area contributed by atoms with E-state index in [-0.39, 0.29) is 23.5 Å². The van der Waals surface area contributed by atoms with E-state index < -0.39 is 0 Å². The Morgan fingerprint density at radius 1 is 0.788 bits per heavy atom. The Hall–Kier alpha value is -3.15. The summed E-state index contributed by atoms with van der Waals surface area (Å²) in [5.41, 5.74) is 3.00. The largest absolute Gasteiger partial charge is 0.368 e. The molecule has 174 valence electrons. The van der Waals surface area contributed by atoms with E-state index in [1.807, 2.05) is 52.3 Å². The van der Waals surface area contributed by atoms with Gasteiger partial charge in [-0.3, -0.25) is 14.4 Å². The van der Waals surface area contributed by atoms with Crippen molar-refractivity contribution in [3.63, 3.8) is 0 Å². The van der Waals surface area contributed by atoms with E-state index in [1.54, 1.807) is 6.92 Å². The van der Waals surface area contributed by atoms with E-state index in [2.05, 4.69) is 17.0 Å². The fraction of sp³-hybridized carbons (Fsp3) is 0.444. The van der Waals surface area contributed by atoms with Crippen molar-refractivity contribution < 1.29 is 14.4 Å². The highest BCUT2D eigenvalue weighted by Gasteiger charge is 2.31. The number of nitrogens with zero attached hydrogens (tertiary/aromatic N) is 3. The van der Waals surface area contributed by atoms with Crippen LogP contribution in [0, 0.1) is 5.92 Å². The molecule has 0 aliphatic carbocycles. The SMILES string of the molecule is CC(=O)c1ccc(N2CCN(C(=O)C3CCN(C(=O)CCc4ccccc4)CC3)CC2)cc1. The number of aryl methyl sites for hydroxylation is 1. The lowest BCUT2D eigenvalue weighted by molar-refractivity contribution is -0.141. The van der Waals surface area contributed by atoms with Gasteiger partial charge >= 0.3 is 0 Å². The number of rotatable bonds is 6. The molecule has 4 rings (SSSR count). The molecule has 2 heterocycles. The number of piperidine rings is 1. The van der Waals surface area contributed by atoms with Crippen LogP contribution in [0.5, 0.6) is 0 Å². The summed E-state index contributed by atoms with van der Waals surface area (Å²) >= 11 is 0. The second kappa shape index (κ2) is 10.6. The van der Waals surface area contributed by atoms with Crippen molar-refractivity contribution in [2.24, 2.45) is 5.92 Å². The maximum atomic E-state index is 13.1. The summed E-state index contributed by atoms with van der Waals surface area (Å²) in [6.07, 6.45) is 2.80. The lowest BCUT2D eigenvalue weighted by Crippen LogP contribution is -2.52. The van der Waals surface area contributed by atoms with E-state index in [9.17, 15) is 14.4 Å².